The molecule has 0 aromatic carbocycles. The van der Waals surface area contributed by atoms with E-state index in [0.29, 0.717) is 32.2 Å². The number of amides is 1. The molecule has 1 atom stereocenters. The van der Waals surface area contributed by atoms with E-state index in [-0.39, 0.29) is 11.0 Å². The normalized spacial score (nSPS) is 22.7. The van der Waals surface area contributed by atoms with Crippen LogP contribution in [0.1, 0.15) is 43.2 Å². The molecule has 1 aromatic rings. The third-order valence-electron chi connectivity index (χ3n) is 3.58. The highest BCUT2D eigenvalue weighted by atomic mass is 35.5. The number of nitrogens with zero attached hydrogens (tertiary/aromatic N) is 1. The Labute approximate surface area is 116 Å². The molecular weight excluding hydrogens is 270 g/mol. The second-order valence-corrected chi connectivity index (χ2v) is 5.12. The van der Waals surface area contributed by atoms with E-state index >= 15 is 0 Å². The molecule has 1 fully saturated rings. The van der Waals surface area contributed by atoms with Crippen molar-refractivity contribution in [3.8, 4) is 0 Å². The van der Waals surface area contributed by atoms with Gasteiger partial charge in [-0.3, -0.25) is 4.79 Å². The van der Waals surface area contributed by atoms with Gasteiger partial charge in [-0.05, 0) is 43.0 Å². The zero-order valence-corrected chi connectivity index (χ0v) is 11.4. The molecule has 104 valence electrons. The number of hydrogen-bond donors (Lipinski definition) is 1. The van der Waals surface area contributed by atoms with Gasteiger partial charge in [-0.25, -0.2) is 4.79 Å². The number of furan rings is 1. The van der Waals surface area contributed by atoms with Crippen molar-refractivity contribution in [1.29, 1.82) is 0 Å². The number of carboxylic acid groups (broad SMARTS) is 1. The number of carboxylic acids is 1. The van der Waals surface area contributed by atoms with Crippen molar-refractivity contribution in [2.45, 2.75) is 38.1 Å². The van der Waals surface area contributed by atoms with Crippen molar-refractivity contribution >= 4 is 23.5 Å². The number of halogens is 1. The predicted octanol–water partition coefficient (Wildman–Crippen LogP) is 2.79. The molecule has 1 amide bonds. The Morgan fingerprint density at radius 1 is 1.53 bits per heavy atom. The molecule has 1 unspecified atom stereocenters. The Morgan fingerprint density at radius 3 is 2.79 bits per heavy atom. The van der Waals surface area contributed by atoms with Crippen LogP contribution in [-0.4, -0.2) is 34.0 Å². The minimum Gasteiger partial charge on any atom is -0.479 e. The SMILES string of the molecule is CCCC1(C(=O)O)CCCN1C(=O)c1ccc(Cl)o1. The van der Waals surface area contributed by atoms with Gasteiger partial charge in [0.05, 0.1) is 0 Å². The largest absolute Gasteiger partial charge is 0.479 e. The Kier molecular flexibility index (Phi) is 3.85. The van der Waals surface area contributed by atoms with E-state index in [9.17, 15) is 14.7 Å². The Morgan fingerprint density at radius 2 is 2.26 bits per heavy atom. The fourth-order valence-corrected chi connectivity index (χ4v) is 2.89. The first-order chi connectivity index (χ1) is 9.01. The number of aliphatic carboxylic acids is 1. The molecule has 0 aliphatic carbocycles. The summed E-state index contributed by atoms with van der Waals surface area (Å²) in [5.74, 6) is -1.26. The lowest BCUT2D eigenvalue weighted by molar-refractivity contribution is -0.148. The molecule has 1 aliphatic rings. The molecule has 0 spiro atoms. The van der Waals surface area contributed by atoms with Crippen LogP contribution in [0.2, 0.25) is 5.22 Å². The molecule has 1 N–H and O–H groups in total. The highest BCUT2D eigenvalue weighted by molar-refractivity contribution is 6.29. The van der Waals surface area contributed by atoms with Crippen LogP contribution >= 0.6 is 11.6 Å². The average molecular weight is 286 g/mol. The molecule has 1 aliphatic heterocycles. The van der Waals surface area contributed by atoms with Crippen LogP contribution in [0.4, 0.5) is 0 Å². The summed E-state index contributed by atoms with van der Waals surface area (Å²) in [7, 11) is 0. The minimum atomic E-state index is -1.11. The van der Waals surface area contributed by atoms with Crippen LogP contribution in [0.5, 0.6) is 0 Å². The molecule has 6 heteroatoms. The first-order valence-corrected chi connectivity index (χ1v) is 6.70. The van der Waals surface area contributed by atoms with Gasteiger partial charge in [-0.1, -0.05) is 13.3 Å². The van der Waals surface area contributed by atoms with E-state index in [2.05, 4.69) is 0 Å². The van der Waals surface area contributed by atoms with Gasteiger partial charge < -0.3 is 14.4 Å². The predicted molar refractivity (Wildman–Crippen MR) is 69.3 cm³/mol. The molecule has 1 saturated heterocycles. The Hall–Kier alpha value is -1.49. The molecule has 5 nitrogen and oxygen atoms in total. The second kappa shape index (κ2) is 5.25. The van der Waals surface area contributed by atoms with Crippen molar-refractivity contribution in [3.63, 3.8) is 0 Å². The van der Waals surface area contributed by atoms with Gasteiger partial charge in [-0.2, -0.15) is 0 Å². The minimum absolute atomic E-state index is 0.0913. The Balaban J connectivity index is 2.31. The van der Waals surface area contributed by atoms with E-state index < -0.39 is 17.4 Å². The van der Waals surface area contributed by atoms with Gasteiger partial charge in [0.15, 0.2) is 11.0 Å². The maximum Gasteiger partial charge on any atom is 0.329 e. The van der Waals surface area contributed by atoms with Crippen molar-refractivity contribution in [3.05, 3.63) is 23.1 Å². The molecule has 2 heterocycles. The number of rotatable bonds is 4. The fourth-order valence-electron chi connectivity index (χ4n) is 2.74. The van der Waals surface area contributed by atoms with E-state index in [4.69, 9.17) is 16.0 Å². The summed E-state index contributed by atoms with van der Waals surface area (Å²) in [5.41, 5.74) is -1.11. The number of hydrogen-bond acceptors (Lipinski definition) is 3. The molecule has 19 heavy (non-hydrogen) atoms. The number of carbonyl (C=O) groups is 2. The highest BCUT2D eigenvalue weighted by Gasteiger charge is 2.49. The van der Waals surface area contributed by atoms with Gasteiger partial charge in [0.1, 0.15) is 5.54 Å². The van der Waals surface area contributed by atoms with Crippen molar-refractivity contribution < 1.29 is 19.1 Å². The summed E-state index contributed by atoms with van der Waals surface area (Å²) in [6, 6.07) is 2.95. The highest BCUT2D eigenvalue weighted by Crippen LogP contribution is 2.35. The zero-order valence-electron chi connectivity index (χ0n) is 10.7. The first kappa shape index (κ1) is 13.9. The topological polar surface area (TPSA) is 70.8 Å². The van der Waals surface area contributed by atoms with E-state index in [1.54, 1.807) is 0 Å². The van der Waals surface area contributed by atoms with Gasteiger partial charge >= 0.3 is 5.97 Å². The van der Waals surface area contributed by atoms with Crippen LogP contribution in [0, 0.1) is 0 Å². The first-order valence-electron chi connectivity index (χ1n) is 6.32. The maximum atomic E-state index is 12.4. The van der Waals surface area contributed by atoms with Crippen molar-refractivity contribution in [2.75, 3.05) is 6.54 Å². The maximum absolute atomic E-state index is 12.4. The number of carbonyl (C=O) groups excluding carboxylic acids is 1. The molecule has 2 rings (SSSR count). The lowest BCUT2D eigenvalue weighted by Crippen LogP contribution is -2.53. The number of likely N-dealkylation sites (tertiary alicyclic amines) is 1. The summed E-state index contributed by atoms with van der Waals surface area (Å²) in [6.07, 6.45) is 2.32. The van der Waals surface area contributed by atoms with Gasteiger partial charge in [0.25, 0.3) is 5.91 Å². The monoisotopic (exact) mass is 285 g/mol. The third kappa shape index (κ3) is 2.34. The standard InChI is InChI=1S/C13H16ClNO4/c1-2-6-13(12(17)18)7-3-8-15(13)11(16)9-4-5-10(14)19-9/h4-5H,2-3,6-8H2,1H3,(H,17,18). The van der Waals surface area contributed by atoms with Gasteiger partial charge in [-0.15, -0.1) is 0 Å². The average Bonchev–Trinajstić information content (AvgIpc) is 2.96. The van der Waals surface area contributed by atoms with Gasteiger partial charge in [0.2, 0.25) is 0 Å². The van der Waals surface area contributed by atoms with Crippen LogP contribution < -0.4 is 0 Å². The molecule has 0 saturated carbocycles. The molecule has 0 radical (unpaired) electrons. The van der Waals surface area contributed by atoms with Crippen LogP contribution in [0.15, 0.2) is 16.5 Å². The molecular formula is C13H16ClNO4. The summed E-state index contributed by atoms with van der Waals surface area (Å²) in [4.78, 5) is 25.4. The summed E-state index contributed by atoms with van der Waals surface area (Å²) >= 11 is 5.65. The smallest absolute Gasteiger partial charge is 0.329 e. The van der Waals surface area contributed by atoms with E-state index in [0.717, 1.165) is 0 Å². The lowest BCUT2D eigenvalue weighted by Gasteiger charge is -2.34. The van der Waals surface area contributed by atoms with Crippen molar-refractivity contribution in [1.82, 2.24) is 4.90 Å². The summed E-state index contributed by atoms with van der Waals surface area (Å²) in [5, 5.41) is 9.64. The van der Waals surface area contributed by atoms with E-state index in [1.807, 2.05) is 6.92 Å². The van der Waals surface area contributed by atoms with Crippen molar-refractivity contribution in [2.24, 2.45) is 0 Å². The second-order valence-electron chi connectivity index (χ2n) is 4.75. The Bertz CT molecular complexity index is 499. The lowest BCUT2D eigenvalue weighted by atomic mass is 9.90. The van der Waals surface area contributed by atoms with Crippen LogP contribution in [0.3, 0.4) is 0 Å². The summed E-state index contributed by atoms with van der Waals surface area (Å²) < 4.78 is 5.09. The molecule has 1 aromatic heterocycles. The van der Waals surface area contributed by atoms with Gasteiger partial charge in [0, 0.05) is 6.54 Å². The zero-order chi connectivity index (χ0) is 14.0. The van der Waals surface area contributed by atoms with E-state index in [1.165, 1.54) is 17.0 Å². The van der Waals surface area contributed by atoms with Crippen LogP contribution in [-0.2, 0) is 4.79 Å². The summed E-state index contributed by atoms with van der Waals surface area (Å²) in [6.45, 7) is 2.35. The third-order valence-corrected chi connectivity index (χ3v) is 3.78. The quantitative estimate of drug-likeness (QED) is 0.923. The fraction of sp³-hybridized carbons (Fsp3) is 0.538. The molecule has 0 bridgehead atoms. The van der Waals surface area contributed by atoms with Crippen LogP contribution in [0.25, 0.3) is 0 Å².